The number of hydrogen-bond acceptors (Lipinski definition) is 3. The van der Waals surface area contributed by atoms with Crippen molar-refractivity contribution in [2.24, 2.45) is 14.1 Å². The van der Waals surface area contributed by atoms with Gasteiger partial charge in [0.2, 0.25) is 0 Å². The molecule has 0 saturated carbocycles. The molecule has 2 aromatic heterocycles. The Labute approximate surface area is 285 Å². The molecule has 0 aliphatic carbocycles. The van der Waals surface area contributed by atoms with E-state index in [-0.39, 0.29) is 75.6 Å². The molecule has 0 atom stereocenters. The fourth-order valence-corrected chi connectivity index (χ4v) is 4.37. The molecule has 2 heterocycles. The molecule has 0 saturated heterocycles. The van der Waals surface area contributed by atoms with E-state index in [9.17, 15) is 0 Å². The summed E-state index contributed by atoms with van der Waals surface area (Å²) in [5.74, 6) is 2.71. The molecule has 4 aromatic rings. The second kappa shape index (κ2) is 17.9. The minimum Gasteiger partial charge on any atom is -0.371 e. The third-order valence-corrected chi connectivity index (χ3v) is 7.68. The molecular formula is C34H59Ir2N5. The average molecular weight is 926 g/mol. The predicted octanol–water partition coefficient (Wildman–Crippen LogP) is 9.34. The number of imidazole rings is 1. The van der Waals surface area contributed by atoms with E-state index in [0.717, 1.165) is 34.3 Å². The zero-order valence-corrected chi connectivity index (χ0v) is 33.2. The molecule has 0 aliphatic rings. The van der Waals surface area contributed by atoms with Crippen LogP contribution in [0.15, 0.2) is 0 Å². The van der Waals surface area contributed by atoms with Gasteiger partial charge in [-0.2, -0.15) is 5.10 Å². The van der Waals surface area contributed by atoms with Crippen LogP contribution in [0.1, 0.15) is 67.4 Å². The summed E-state index contributed by atoms with van der Waals surface area (Å²) in [6, 6.07) is 6.93. The van der Waals surface area contributed by atoms with Gasteiger partial charge in [0.05, 0.1) is 11.6 Å². The molecule has 238 valence electrons. The van der Waals surface area contributed by atoms with Crippen molar-refractivity contribution in [2.45, 2.75) is 76.2 Å². The van der Waals surface area contributed by atoms with Crippen LogP contribution in [0.3, 0.4) is 0 Å². The quantitative estimate of drug-likeness (QED) is 0.189. The van der Waals surface area contributed by atoms with Crippen LogP contribution in [0.25, 0.3) is 22.8 Å². The van der Waals surface area contributed by atoms with E-state index in [1.165, 1.54) is 50.2 Å². The largest absolute Gasteiger partial charge is 3.00 e. The van der Waals surface area contributed by atoms with Crippen molar-refractivity contribution in [3.8, 4) is 22.8 Å². The van der Waals surface area contributed by atoms with Crippen LogP contribution in [-0.4, -0.2) is 24.3 Å². The number of nitrogens with zero attached hydrogens (tertiary/aromatic N) is 5. The van der Waals surface area contributed by atoms with Crippen LogP contribution in [0.4, 0.5) is 0 Å². The first-order chi connectivity index (χ1) is 16.3. The number of benzene rings is 2. The number of rotatable bonds is 2. The second-order valence-corrected chi connectivity index (χ2v) is 9.77. The average Bonchev–Trinajstić information content (AvgIpc) is 3.28. The van der Waals surface area contributed by atoms with Crippen LogP contribution >= 0.6 is 0 Å². The number of hydrogen-bond donors (Lipinski definition) is 0. The van der Waals surface area contributed by atoms with Crippen molar-refractivity contribution in [1.29, 1.82) is 0 Å². The van der Waals surface area contributed by atoms with E-state index >= 15 is 0 Å². The molecule has 2 aromatic carbocycles. The Kier molecular flexibility index (Phi) is 20.1. The van der Waals surface area contributed by atoms with E-state index in [1.54, 1.807) is 0 Å². The van der Waals surface area contributed by atoms with Gasteiger partial charge in [-0.1, -0.05) is 55.4 Å². The molecule has 0 bridgehead atoms. The molecule has 0 unspecified atom stereocenters. The predicted molar refractivity (Wildman–Crippen MR) is 179 cm³/mol. The summed E-state index contributed by atoms with van der Waals surface area (Å²) in [5, 5.41) is 4.30. The molecule has 5 nitrogen and oxygen atoms in total. The summed E-state index contributed by atoms with van der Waals surface area (Å²) < 4.78 is 3.98. The third-order valence-electron chi connectivity index (χ3n) is 7.68. The molecule has 0 amide bonds. The first kappa shape index (κ1) is 46.1. The molecule has 0 fully saturated rings. The molecule has 4 rings (SSSR count). The smallest absolute Gasteiger partial charge is 0.371 e. The Morgan fingerprint density at radius 3 is 1.24 bits per heavy atom. The Morgan fingerprint density at radius 1 is 0.537 bits per heavy atom. The summed E-state index contributed by atoms with van der Waals surface area (Å²) in [7, 11) is 4.00. The Bertz CT molecular complexity index is 1450. The van der Waals surface area contributed by atoms with Crippen LogP contribution < -0.4 is 0 Å². The van der Waals surface area contributed by atoms with Crippen molar-refractivity contribution in [2.75, 3.05) is 0 Å². The fourth-order valence-electron chi connectivity index (χ4n) is 4.37. The summed E-state index contributed by atoms with van der Waals surface area (Å²) >= 11 is 0. The monoisotopic (exact) mass is 927 g/mol. The van der Waals surface area contributed by atoms with E-state index in [1.807, 2.05) is 18.7 Å². The van der Waals surface area contributed by atoms with Gasteiger partial charge in [-0.3, -0.25) is 14.6 Å². The molecule has 0 N–H and O–H groups in total. The molecule has 41 heavy (non-hydrogen) atoms. The van der Waals surface area contributed by atoms with E-state index in [0.29, 0.717) is 0 Å². The Morgan fingerprint density at radius 2 is 0.927 bits per heavy atom. The SMILES string of the molecule is Cc1[c-]c(-c2nc(C)c(C)n2C)c(C)c(C)c1C.Cc1nc(-c2[c-]c(C)c(C)c(C)c2C)n(C)n1.[2HH].[2HH].[2HH].[2HH].[CH3-].[CH3-].[CH3-].[CH3-].[Ir+3].[Ir+3]. The van der Waals surface area contributed by atoms with Gasteiger partial charge in [-0.05, 0) is 20.8 Å². The van der Waals surface area contributed by atoms with Gasteiger partial charge < -0.3 is 34.3 Å². The molecule has 0 radical (unpaired) electrons. The van der Waals surface area contributed by atoms with Crippen LogP contribution in [-0.2, 0) is 54.3 Å². The van der Waals surface area contributed by atoms with Crippen molar-refractivity contribution >= 4 is 0 Å². The molecular weight excluding hydrogens is 863 g/mol. The van der Waals surface area contributed by atoms with E-state index in [4.69, 9.17) is 0 Å². The maximum Gasteiger partial charge on any atom is 3.00 e. The normalized spacial score (nSPS) is 9.39. The van der Waals surface area contributed by atoms with Gasteiger partial charge in [0.15, 0.2) is 0 Å². The topological polar surface area (TPSA) is 48.5 Å². The van der Waals surface area contributed by atoms with Gasteiger partial charge in [0, 0.05) is 31.2 Å². The molecule has 0 spiro atoms. The molecule has 7 heteroatoms. The number of aryl methyl sites for hydroxylation is 5. The molecule has 0 aliphatic heterocycles. The van der Waals surface area contributed by atoms with Crippen molar-refractivity contribution in [1.82, 2.24) is 24.3 Å². The first-order valence-corrected chi connectivity index (χ1v) is 12.1. The van der Waals surface area contributed by atoms with Gasteiger partial charge in [-0.15, -0.1) is 67.8 Å². The fraction of sp³-hybridized carbons (Fsp3) is 0.382. The van der Waals surface area contributed by atoms with Gasteiger partial charge in [0.25, 0.3) is 0 Å². The first-order valence-electron chi connectivity index (χ1n) is 12.1. The minimum absolute atomic E-state index is 0. The van der Waals surface area contributed by atoms with Gasteiger partial charge >= 0.3 is 40.2 Å². The van der Waals surface area contributed by atoms with E-state index < -0.39 is 0 Å². The van der Waals surface area contributed by atoms with Crippen molar-refractivity contribution in [3.63, 3.8) is 0 Å². The maximum absolute atomic E-state index is 4.68. The Hall–Kier alpha value is -1.91. The standard InChI is InChI=1S/C16H21N2.C14H18N3.4CH3.2Ir.4H2/c1-9-8-15(12(4)11(3)10(9)2)16-17-13(5)14(6)18(16)7;1-8-7-13(11(4)10(3)9(8)2)14-15-12(5)16-17(14)6;;;;;;;;;;/h1-7H3;1-6H3;4*1H3;;;4*1H/q6*-1;2*+3;;;;/i;;;;;;;;4*1+1. The van der Waals surface area contributed by atoms with Crippen LogP contribution in [0.2, 0.25) is 0 Å². The van der Waals surface area contributed by atoms with Crippen molar-refractivity contribution < 1.29 is 45.9 Å². The van der Waals surface area contributed by atoms with Crippen LogP contribution in [0, 0.1) is 118 Å². The van der Waals surface area contributed by atoms with Gasteiger partial charge in [0.1, 0.15) is 5.82 Å². The zero-order valence-electron chi connectivity index (χ0n) is 28.4. The van der Waals surface area contributed by atoms with Crippen molar-refractivity contribution in [3.05, 3.63) is 104 Å². The zero-order chi connectivity index (χ0) is 26.4. The van der Waals surface area contributed by atoms with Gasteiger partial charge in [-0.25, -0.2) is 0 Å². The summed E-state index contributed by atoms with van der Waals surface area (Å²) in [4.78, 5) is 9.16. The summed E-state index contributed by atoms with van der Waals surface area (Å²) in [6.45, 7) is 23.2. The van der Waals surface area contributed by atoms with Crippen LogP contribution in [0.5, 0.6) is 0 Å². The summed E-state index contributed by atoms with van der Waals surface area (Å²) in [6.07, 6.45) is 0. The minimum atomic E-state index is 0. The van der Waals surface area contributed by atoms with E-state index in [2.05, 4.69) is 108 Å². The summed E-state index contributed by atoms with van der Waals surface area (Å²) in [5.41, 5.74) is 14.7. The Balaban J connectivity index is -0.0000000830. The third kappa shape index (κ3) is 9.04. The maximum atomic E-state index is 4.68. The second-order valence-electron chi connectivity index (χ2n) is 9.77. The number of aromatic nitrogens is 5.